The van der Waals surface area contributed by atoms with Crippen LogP contribution in [0.2, 0.25) is 0 Å². The van der Waals surface area contributed by atoms with Crippen molar-refractivity contribution in [3.63, 3.8) is 0 Å². The van der Waals surface area contributed by atoms with Gasteiger partial charge in [-0.15, -0.1) is 11.8 Å². The van der Waals surface area contributed by atoms with Crippen LogP contribution in [-0.4, -0.2) is 57.6 Å². The van der Waals surface area contributed by atoms with Crippen molar-refractivity contribution in [1.82, 2.24) is 19.7 Å². The Morgan fingerprint density at radius 2 is 2.00 bits per heavy atom. The highest BCUT2D eigenvalue weighted by molar-refractivity contribution is 7.98. The number of carbonyl (C=O) groups is 1. The summed E-state index contributed by atoms with van der Waals surface area (Å²) in [6.45, 7) is 0.700. The minimum Gasteiger partial charge on any atom is -0.396 e. The third-order valence-electron chi connectivity index (χ3n) is 3.69. The number of rotatable bonds is 8. The van der Waals surface area contributed by atoms with Crippen LogP contribution in [0.3, 0.4) is 0 Å². The van der Waals surface area contributed by atoms with Crippen LogP contribution in [0.4, 0.5) is 0 Å². The molecule has 24 heavy (non-hydrogen) atoms. The number of nitrogens with zero attached hydrogens (tertiary/aromatic N) is 4. The van der Waals surface area contributed by atoms with Crippen molar-refractivity contribution in [2.24, 2.45) is 0 Å². The molecule has 2 rings (SSSR count). The normalized spacial score (nSPS) is 10.8. The highest BCUT2D eigenvalue weighted by atomic mass is 32.2. The summed E-state index contributed by atoms with van der Waals surface area (Å²) in [5.74, 6) is 1.51. The molecule has 1 amide bonds. The molecule has 6 nitrogen and oxygen atoms in total. The van der Waals surface area contributed by atoms with Crippen molar-refractivity contribution in [1.29, 1.82) is 0 Å². The van der Waals surface area contributed by atoms with E-state index in [1.165, 1.54) is 4.90 Å². The van der Waals surface area contributed by atoms with Gasteiger partial charge < -0.3 is 10.0 Å². The standard InChI is InChI=1S/C17H24N4O2S/c1-20(2)16(23)10-9-15-18-17(19-21(15)11-4-12-22)13-5-7-14(24-3)8-6-13/h5-8,22H,4,9-12H2,1-3H3. The lowest BCUT2D eigenvalue weighted by molar-refractivity contribution is -0.128. The molecule has 0 unspecified atom stereocenters. The van der Waals surface area contributed by atoms with Gasteiger partial charge in [0.1, 0.15) is 5.82 Å². The number of carbonyl (C=O) groups excluding carboxylic acids is 1. The Bertz CT molecular complexity index is 668. The summed E-state index contributed by atoms with van der Waals surface area (Å²) in [4.78, 5) is 19.2. The molecular formula is C17H24N4O2S. The zero-order chi connectivity index (χ0) is 17.5. The Morgan fingerprint density at radius 3 is 2.58 bits per heavy atom. The first-order chi connectivity index (χ1) is 11.5. The van der Waals surface area contributed by atoms with Crippen molar-refractivity contribution < 1.29 is 9.90 Å². The number of aryl methyl sites for hydroxylation is 2. The number of hydrogen-bond donors (Lipinski definition) is 1. The van der Waals surface area contributed by atoms with Crippen LogP contribution >= 0.6 is 11.8 Å². The molecule has 2 aromatic rings. The lowest BCUT2D eigenvalue weighted by Gasteiger charge is -2.09. The van der Waals surface area contributed by atoms with Gasteiger partial charge in [-0.25, -0.2) is 9.67 Å². The summed E-state index contributed by atoms with van der Waals surface area (Å²) in [6.07, 6.45) is 3.59. The summed E-state index contributed by atoms with van der Waals surface area (Å²) >= 11 is 1.69. The maximum atomic E-state index is 11.8. The molecule has 1 aromatic heterocycles. The molecule has 0 bridgehead atoms. The van der Waals surface area contributed by atoms with E-state index < -0.39 is 0 Å². The predicted molar refractivity (Wildman–Crippen MR) is 96.0 cm³/mol. The Kier molecular flexibility index (Phi) is 6.81. The van der Waals surface area contributed by atoms with Crippen LogP contribution in [0.25, 0.3) is 11.4 Å². The van der Waals surface area contributed by atoms with E-state index in [1.807, 2.05) is 30.5 Å². The molecule has 0 spiro atoms. The topological polar surface area (TPSA) is 71.2 Å². The minimum atomic E-state index is 0.0672. The maximum absolute atomic E-state index is 11.8. The second-order valence-corrected chi connectivity index (χ2v) is 6.55. The van der Waals surface area contributed by atoms with E-state index in [2.05, 4.69) is 10.1 Å². The molecule has 1 aromatic carbocycles. The van der Waals surface area contributed by atoms with E-state index >= 15 is 0 Å². The SMILES string of the molecule is CSc1ccc(-c2nc(CCC(=O)N(C)C)n(CCCO)n2)cc1. The Labute approximate surface area is 146 Å². The average Bonchev–Trinajstić information content (AvgIpc) is 3.00. The Hall–Kier alpha value is -1.86. The zero-order valence-electron chi connectivity index (χ0n) is 14.4. The van der Waals surface area contributed by atoms with E-state index in [9.17, 15) is 4.79 Å². The van der Waals surface area contributed by atoms with Crippen molar-refractivity contribution in [2.75, 3.05) is 27.0 Å². The molecule has 7 heteroatoms. The van der Waals surface area contributed by atoms with E-state index in [1.54, 1.807) is 35.4 Å². The fourth-order valence-electron chi connectivity index (χ4n) is 2.26. The first-order valence-corrected chi connectivity index (χ1v) is 9.16. The van der Waals surface area contributed by atoms with Crippen LogP contribution in [0.5, 0.6) is 0 Å². The van der Waals surface area contributed by atoms with Gasteiger partial charge in [0, 0.05) is 50.5 Å². The molecule has 0 saturated heterocycles. The van der Waals surface area contributed by atoms with E-state index in [0.717, 1.165) is 11.4 Å². The number of benzene rings is 1. The van der Waals surface area contributed by atoms with Gasteiger partial charge in [0.25, 0.3) is 0 Å². The van der Waals surface area contributed by atoms with Gasteiger partial charge in [-0.2, -0.15) is 5.10 Å². The fraction of sp³-hybridized carbons (Fsp3) is 0.471. The van der Waals surface area contributed by atoms with E-state index in [-0.39, 0.29) is 12.5 Å². The molecule has 0 saturated carbocycles. The zero-order valence-corrected chi connectivity index (χ0v) is 15.2. The summed E-state index contributed by atoms with van der Waals surface area (Å²) in [5.41, 5.74) is 0.954. The van der Waals surface area contributed by atoms with Gasteiger partial charge in [-0.05, 0) is 24.8 Å². The fourth-order valence-corrected chi connectivity index (χ4v) is 2.67. The Morgan fingerprint density at radius 1 is 1.29 bits per heavy atom. The van der Waals surface area contributed by atoms with Crippen molar-refractivity contribution in [3.8, 4) is 11.4 Å². The van der Waals surface area contributed by atoms with Crippen LogP contribution in [-0.2, 0) is 17.8 Å². The molecule has 0 aliphatic heterocycles. The van der Waals surface area contributed by atoms with Gasteiger partial charge in [0.05, 0.1) is 0 Å². The van der Waals surface area contributed by atoms with Crippen LogP contribution in [0, 0.1) is 0 Å². The molecule has 0 radical (unpaired) electrons. The summed E-state index contributed by atoms with van der Waals surface area (Å²) in [7, 11) is 3.50. The van der Waals surface area contributed by atoms with Crippen LogP contribution < -0.4 is 0 Å². The lowest BCUT2D eigenvalue weighted by atomic mass is 10.2. The number of hydrogen-bond acceptors (Lipinski definition) is 5. The first-order valence-electron chi connectivity index (χ1n) is 7.94. The number of aliphatic hydroxyl groups is 1. The minimum absolute atomic E-state index is 0.0672. The summed E-state index contributed by atoms with van der Waals surface area (Å²) in [6, 6.07) is 8.10. The second-order valence-electron chi connectivity index (χ2n) is 5.67. The van der Waals surface area contributed by atoms with Gasteiger partial charge >= 0.3 is 0 Å². The number of thioether (sulfide) groups is 1. The van der Waals surface area contributed by atoms with Gasteiger partial charge in [-0.1, -0.05) is 12.1 Å². The van der Waals surface area contributed by atoms with Crippen LogP contribution in [0.15, 0.2) is 29.2 Å². The smallest absolute Gasteiger partial charge is 0.222 e. The molecule has 130 valence electrons. The number of amides is 1. The summed E-state index contributed by atoms with van der Waals surface area (Å²) in [5, 5.41) is 13.6. The molecule has 1 N–H and O–H groups in total. The Balaban J connectivity index is 2.21. The second kappa shape index (κ2) is 8.84. The highest BCUT2D eigenvalue weighted by Gasteiger charge is 2.14. The molecule has 0 aliphatic carbocycles. The summed E-state index contributed by atoms with van der Waals surface area (Å²) < 4.78 is 1.80. The lowest BCUT2D eigenvalue weighted by Crippen LogP contribution is -2.22. The number of aliphatic hydroxyl groups excluding tert-OH is 1. The molecular weight excluding hydrogens is 324 g/mol. The molecule has 0 fully saturated rings. The van der Waals surface area contributed by atoms with Crippen LogP contribution in [0.1, 0.15) is 18.7 Å². The molecule has 0 aliphatic rings. The average molecular weight is 348 g/mol. The third kappa shape index (κ3) is 4.82. The molecule has 0 atom stereocenters. The maximum Gasteiger partial charge on any atom is 0.222 e. The highest BCUT2D eigenvalue weighted by Crippen LogP contribution is 2.21. The van der Waals surface area contributed by atoms with Gasteiger partial charge in [0.15, 0.2) is 5.82 Å². The molecule has 1 heterocycles. The van der Waals surface area contributed by atoms with Gasteiger partial charge in [0.2, 0.25) is 5.91 Å². The predicted octanol–water partition coefficient (Wildman–Crippen LogP) is 2.07. The van der Waals surface area contributed by atoms with Crippen molar-refractivity contribution in [3.05, 3.63) is 30.1 Å². The monoisotopic (exact) mass is 348 g/mol. The number of aromatic nitrogens is 3. The van der Waals surface area contributed by atoms with Gasteiger partial charge in [-0.3, -0.25) is 4.79 Å². The largest absolute Gasteiger partial charge is 0.396 e. The van der Waals surface area contributed by atoms with Crippen molar-refractivity contribution in [2.45, 2.75) is 30.7 Å². The van der Waals surface area contributed by atoms with E-state index in [0.29, 0.717) is 31.6 Å². The third-order valence-corrected chi connectivity index (χ3v) is 4.43. The first kappa shape index (κ1) is 18.5. The van der Waals surface area contributed by atoms with Crippen molar-refractivity contribution >= 4 is 17.7 Å². The quantitative estimate of drug-likeness (QED) is 0.740. The van der Waals surface area contributed by atoms with E-state index in [4.69, 9.17) is 5.11 Å².